The molecule has 1 aromatic carbocycles. The molecule has 1 atom stereocenters. The van der Waals surface area contributed by atoms with Crippen molar-refractivity contribution in [3.63, 3.8) is 0 Å². The average Bonchev–Trinajstić information content (AvgIpc) is 3.29. The Morgan fingerprint density at radius 1 is 1.11 bits per heavy atom. The molecule has 0 bridgehead atoms. The zero-order valence-corrected chi connectivity index (χ0v) is 16.7. The van der Waals surface area contributed by atoms with Crippen LogP contribution in [0.15, 0.2) is 24.3 Å². The van der Waals surface area contributed by atoms with E-state index in [9.17, 15) is 14.4 Å². The predicted molar refractivity (Wildman–Crippen MR) is 109 cm³/mol. The van der Waals surface area contributed by atoms with Crippen LogP contribution in [-0.2, 0) is 14.4 Å². The van der Waals surface area contributed by atoms with E-state index in [-0.39, 0.29) is 17.7 Å². The lowest BCUT2D eigenvalue weighted by molar-refractivity contribution is -0.135. The number of amides is 2. The van der Waals surface area contributed by atoms with Gasteiger partial charge in [-0.2, -0.15) is 0 Å². The highest BCUT2D eigenvalue weighted by Crippen LogP contribution is 2.28. The molecule has 2 saturated heterocycles. The van der Waals surface area contributed by atoms with E-state index in [4.69, 9.17) is 0 Å². The fourth-order valence-electron chi connectivity index (χ4n) is 4.36. The molecule has 0 aromatic heterocycles. The Hall–Kier alpha value is -2.37. The maximum absolute atomic E-state index is 12.6. The standard InChI is InChI=1S/C22H31N3O3/c1-23-21(27)20(5-4-16-26)17-6-8-19(9-7-17)24-14-10-18(11-15-24)22(28)25-12-2-3-13-25/h6-9,16,18,20H,2-5,10-15H2,1H3,(H,23,27). The summed E-state index contributed by atoms with van der Waals surface area (Å²) in [6.07, 6.45) is 5.83. The minimum atomic E-state index is -0.298. The van der Waals surface area contributed by atoms with Crippen LogP contribution >= 0.6 is 0 Å². The van der Waals surface area contributed by atoms with E-state index >= 15 is 0 Å². The summed E-state index contributed by atoms with van der Waals surface area (Å²) in [5, 5.41) is 2.69. The second-order valence-corrected chi connectivity index (χ2v) is 7.80. The van der Waals surface area contributed by atoms with Crippen molar-refractivity contribution in [3.05, 3.63) is 29.8 Å². The molecule has 152 valence electrons. The van der Waals surface area contributed by atoms with E-state index in [1.54, 1.807) is 7.05 Å². The van der Waals surface area contributed by atoms with Crippen LogP contribution in [0.5, 0.6) is 0 Å². The molecule has 2 aliphatic heterocycles. The third-order valence-corrected chi connectivity index (χ3v) is 6.06. The van der Waals surface area contributed by atoms with E-state index in [2.05, 4.69) is 22.3 Å². The Labute approximate surface area is 167 Å². The summed E-state index contributed by atoms with van der Waals surface area (Å²) in [5.41, 5.74) is 2.06. The molecule has 6 nitrogen and oxygen atoms in total. The average molecular weight is 386 g/mol. The molecule has 0 aliphatic carbocycles. The highest BCUT2D eigenvalue weighted by Gasteiger charge is 2.30. The minimum Gasteiger partial charge on any atom is -0.371 e. The molecule has 1 unspecified atom stereocenters. The molecule has 6 heteroatoms. The summed E-state index contributed by atoms with van der Waals surface area (Å²) in [7, 11) is 1.62. The van der Waals surface area contributed by atoms with Crippen LogP contribution in [0.1, 0.15) is 50.0 Å². The first kappa shape index (κ1) is 20.4. The van der Waals surface area contributed by atoms with Crippen molar-refractivity contribution in [2.24, 2.45) is 5.92 Å². The number of likely N-dealkylation sites (N-methyl/N-ethyl adjacent to an activating group) is 1. The number of benzene rings is 1. The summed E-state index contributed by atoms with van der Waals surface area (Å²) in [6.45, 7) is 3.62. The van der Waals surface area contributed by atoms with Gasteiger partial charge in [0.1, 0.15) is 6.29 Å². The van der Waals surface area contributed by atoms with Gasteiger partial charge in [0, 0.05) is 51.3 Å². The van der Waals surface area contributed by atoms with Gasteiger partial charge in [-0.1, -0.05) is 12.1 Å². The van der Waals surface area contributed by atoms with Crippen molar-refractivity contribution in [2.75, 3.05) is 38.1 Å². The molecule has 2 heterocycles. The molecule has 28 heavy (non-hydrogen) atoms. The maximum Gasteiger partial charge on any atom is 0.227 e. The largest absolute Gasteiger partial charge is 0.371 e. The minimum absolute atomic E-state index is 0.0594. The zero-order chi connectivity index (χ0) is 19.9. The first-order valence-electron chi connectivity index (χ1n) is 10.4. The van der Waals surface area contributed by atoms with Gasteiger partial charge in [-0.05, 0) is 49.8 Å². The van der Waals surface area contributed by atoms with E-state index in [1.807, 2.05) is 17.0 Å². The van der Waals surface area contributed by atoms with Gasteiger partial charge >= 0.3 is 0 Å². The van der Waals surface area contributed by atoms with Gasteiger partial charge in [-0.3, -0.25) is 9.59 Å². The number of hydrogen-bond acceptors (Lipinski definition) is 4. The van der Waals surface area contributed by atoms with Crippen LogP contribution in [0.3, 0.4) is 0 Å². The summed E-state index contributed by atoms with van der Waals surface area (Å²) < 4.78 is 0. The van der Waals surface area contributed by atoms with Gasteiger partial charge in [0.05, 0.1) is 5.92 Å². The Balaban J connectivity index is 1.58. The van der Waals surface area contributed by atoms with Gasteiger partial charge in [-0.25, -0.2) is 0 Å². The fraction of sp³-hybridized carbons (Fsp3) is 0.591. The Morgan fingerprint density at radius 2 is 1.75 bits per heavy atom. The summed E-state index contributed by atoms with van der Waals surface area (Å²) in [6, 6.07) is 8.08. The van der Waals surface area contributed by atoms with Crippen LogP contribution in [0.25, 0.3) is 0 Å². The van der Waals surface area contributed by atoms with E-state index < -0.39 is 0 Å². The first-order valence-corrected chi connectivity index (χ1v) is 10.4. The normalized spacial score (nSPS) is 18.8. The van der Waals surface area contributed by atoms with Crippen molar-refractivity contribution >= 4 is 23.8 Å². The molecule has 1 aromatic rings. The van der Waals surface area contributed by atoms with Crippen molar-refractivity contribution in [1.82, 2.24) is 10.2 Å². The Bertz CT molecular complexity index is 675. The Morgan fingerprint density at radius 3 is 2.32 bits per heavy atom. The predicted octanol–water partition coefficient (Wildman–Crippen LogP) is 2.33. The molecule has 1 N–H and O–H groups in total. The molecular formula is C22H31N3O3. The number of piperidine rings is 1. The van der Waals surface area contributed by atoms with Crippen molar-refractivity contribution in [3.8, 4) is 0 Å². The third-order valence-electron chi connectivity index (χ3n) is 6.06. The quantitative estimate of drug-likeness (QED) is 0.732. The van der Waals surface area contributed by atoms with Crippen LogP contribution in [-0.4, -0.2) is 56.2 Å². The highest BCUT2D eigenvalue weighted by molar-refractivity contribution is 5.83. The van der Waals surface area contributed by atoms with Crippen molar-refractivity contribution in [2.45, 2.75) is 44.4 Å². The van der Waals surface area contributed by atoms with Crippen LogP contribution in [0, 0.1) is 5.92 Å². The lowest BCUT2D eigenvalue weighted by Crippen LogP contribution is -2.41. The number of aldehydes is 1. The lowest BCUT2D eigenvalue weighted by atomic mass is 9.92. The third kappa shape index (κ3) is 4.72. The van der Waals surface area contributed by atoms with E-state index in [0.29, 0.717) is 18.7 Å². The molecule has 2 fully saturated rings. The second kappa shape index (κ2) is 9.71. The van der Waals surface area contributed by atoms with Crippen LogP contribution in [0.2, 0.25) is 0 Å². The van der Waals surface area contributed by atoms with E-state index in [1.165, 1.54) is 0 Å². The SMILES string of the molecule is CNC(=O)C(CCC=O)c1ccc(N2CCC(C(=O)N3CCCC3)CC2)cc1. The number of nitrogens with one attached hydrogen (secondary N) is 1. The number of hydrogen-bond donors (Lipinski definition) is 1. The highest BCUT2D eigenvalue weighted by atomic mass is 16.2. The number of carbonyl (C=O) groups excluding carboxylic acids is 3. The van der Waals surface area contributed by atoms with Crippen molar-refractivity contribution < 1.29 is 14.4 Å². The summed E-state index contributed by atoms with van der Waals surface area (Å²) in [5.74, 6) is 0.148. The second-order valence-electron chi connectivity index (χ2n) is 7.80. The molecular weight excluding hydrogens is 354 g/mol. The monoisotopic (exact) mass is 385 g/mol. The topological polar surface area (TPSA) is 69.7 Å². The molecule has 3 rings (SSSR count). The maximum atomic E-state index is 12.6. The Kier molecular flexibility index (Phi) is 7.06. The zero-order valence-electron chi connectivity index (χ0n) is 16.7. The number of rotatable bonds is 7. The van der Waals surface area contributed by atoms with Gasteiger partial charge < -0.3 is 19.9 Å². The van der Waals surface area contributed by atoms with Crippen molar-refractivity contribution in [1.29, 1.82) is 0 Å². The van der Waals surface area contributed by atoms with E-state index in [0.717, 1.165) is 69.4 Å². The number of likely N-dealkylation sites (tertiary alicyclic amines) is 1. The molecule has 2 aliphatic rings. The molecule has 2 amide bonds. The lowest BCUT2D eigenvalue weighted by Gasteiger charge is -2.34. The number of anilines is 1. The van der Waals surface area contributed by atoms with Gasteiger partial charge in [0.2, 0.25) is 11.8 Å². The fourth-order valence-corrected chi connectivity index (χ4v) is 4.36. The number of nitrogens with zero attached hydrogens (tertiary/aromatic N) is 2. The first-order chi connectivity index (χ1) is 13.6. The summed E-state index contributed by atoms with van der Waals surface area (Å²) in [4.78, 5) is 39.8. The summed E-state index contributed by atoms with van der Waals surface area (Å²) >= 11 is 0. The van der Waals surface area contributed by atoms with Crippen LogP contribution in [0.4, 0.5) is 5.69 Å². The molecule has 0 spiro atoms. The van der Waals surface area contributed by atoms with Crippen LogP contribution < -0.4 is 10.2 Å². The van der Waals surface area contributed by atoms with Gasteiger partial charge in [0.15, 0.2) is 0 Å². The smallest absolute Gasteiger partial charge is 0.227 e. The molecule has 0 saturated carbocycles. The molecule has 0 radical (unpaired) electrons. The van der Waals surface area contributed by atoms with Gasteiger partial charge in [-0.15, -0.1) is 0 Å². The van der Waals surface area contributed by atoms with Gasteiger partial charge in [0.25, 0.3) is 0 Å². The number of carbonyl (C=O) groups is 3.